The highest BCUT2D eigenvalue weighted by atomic mass is 32.2. The molecule has 2 aromatic rings. The Morgan fingerprint density at radius 3 is 2.11 bits per heavy atom. The van der Waals surface area contributed by atoms with Gasteiger partial charge in [-0.1, -0.05) is 58.7 Å². The molecule has 0 N–H and O–H groups in total. The van der Waals surface area contributed by atoms with E-state index in [1.807, 2.05) is 35.2 Å². The Morgan fingerprint density at radius 1 is 0.919 bits per heavy atom. The maximum atomic E-state index is 13.8. The van der Waals surface area contributed by atoms with Crippen LogP contribution in [-0.2, 0) is 0 Å². The molecule has 0 bridgehead atoms. The largest absolute Gasteiger partial charge is 0.454 e. The second kappa shape index (κ2) is 15.3. The molecule has 1 heterocycles. The number of piperazine rings is 1. The molecule has 204 valence electrons. The number of rotatable bonds is 14. The van der Waals surface area contributed by atoms with Gasteiger partial charge in [0.05, 0.1) is 10.6 Å². The number of hydrogen-bond donors (Lipinski definition) is 0. The average molecular weight is 527 g/mol. The zero-order chi connectivity index (χ0) is 26.6. The fraction of sp³-hybridized carbons (Fsp3) is 0.567. The van der Waals surface area contributed by atoms with Gasteiger partial charge in [0.2, 0.25) is 0 Å². The summed E-state index contributed by atoms with van der Waals surface area (Å²) < 4.78 is 8.95. The van der Waals surface area contributed by atoms with Crippen molar-refractivity contribution in [1.82, 2.24) is 14.1 Å². The Morgan fingerprint density at radius 2 is 1.54 bits per heavy atom. The van der Waals surface area contributed by atoms with E-state index in [-0.39, 0.29) is 5.91 Å². The van der Waals surface area contributed by atoms with Gasteiger partial charge in [-0.3, -0.25) is 4.79 Å². The van der Waals surface area contributed by atoms with E-state index in [0.717, 1.165) is 106 Å². The van der Waals surface area contributed by atoms with Crippen molar-refractivity contribution in [2.24, 2.45) is 0 Å². The topological polar surface area (TPSA) is 39.3 Å². The van der Waals surface area contributed by atoms with Gasteiger partial charge in [0.1, 0.15) is 5.75 Å². The molecule has 37 heavy (non-hydrogen) atoms. The molecule has 6 nitrogen and oxygen atoms in total. The first kappa shape index (κ1) is 29.3. The van der Waals surface area contributed by atoms with E-state index < -0.39 is 0 Å². The van der Waals surface area contributed by atoms with E-state index in [1.54, 1.807) is 11.9 Å². The van der Waals surface area contributed by atoms with Crippen molar-refractivity contribution >= 4 is 23.5 Å². The van der Waals surface area contributed by atoms with Crippen LogP contribution in [0.3, 0.4) is 0 Å². The van der Waals surface area contributed by atoms with Gasteiger partial charge in [-0.15, -0.1) is 0 Å². The highest BCUT2D eigenvalue weighted by Crippen LogP contribution is 2.43. The minimum Gasteiger partial charge on any atom is -0.454 e. The van der Waals surface area contributed by atoms with E-state index in [1.165, 1.54) is 0 Å². The van der Waals surface area contributed by atoms with Gasteiger partial charge < -0.3 is 19.4 Å². The second-order valence-electron chi connectivity index (χ2n) is 9.73. The van der Waals surface area contributed by atoms with E-state index in [9.17, 15) is 4.79 Å². The summed E-state index contributed by atoms with van der Waals surface area (Å²) in [5, 5.41) is 0. The highest BCUT2D eigenvalue weighted by molar-refractivity contribution is 7.97. The molecule has 2 aromatic carbocycles. The minimum atomic E-state index is 0.118. The Kier molecular flexibility index (Phi) is 12.1. The fourth-order valence-corrected chi connectivity index (χ4v) is 5.40. The van der Waals surface area contributed by atoms with E-state index in [4.69, 9.17) is 4.74 Å². The van der Waals surface area contributed by atoms with Crippen LogP contribution in [0.25, 0.3) is 0 Å². The van der Waals surface area contributed by atoms with Gasteiger partial charge in [-0.05, 0) is 56.1 Å². The standard InChI is InChI=1S/C30H46N4O2S/c1-6-10-17-32(18-11-7-2)27-23-25(30(35)33-21-19-31(5)20-22-33)24-28(37-34(8-3)9-4)29(27)36-26-15-13-12-14-16-26/h12-16,23-24H,6-11,17-22H2,1-5H3. The third-order valence-electron chi connectivity index (χ3n) is 6.87. The van der Waals surface area contributed by atoms with Gasteiger partial charge in [0, 0.05) is 57.9 Å². The van der Waals surface area contributed by atoms with E-state index in [2.05, 4.69) is 61.0 Å². The van der Waals surface area contributed by atoms with Crippen molar-refractivity contribution in [3.05, 3.63) is 48.0 Å². The molecule has 0 aliphatic carbocycles. The molecular weight excluding hydrogens is 480 g/mol. The zero-order valence-electron chi connectivity index (χ0n) is 23.5. The third kappa shape index (κ3) is 8.39. The molecule has 0 atom stereocenters. The van der Waals surface area contributed by atoms with Crippen molar-refractivity contribution in [3.8, 4) is 11.5 Å². The van der Waals surface area contributed by atoms with Crippen LogP contribution in [0.15, 0.2) is 47.4 Å². The van der Waals surface area contributed by atoms with Crippen LogP contribution in [0.5, 0.6) is 11.5 Å². The Hall–Kier alpha value is -2.22. The predicted molar refractivity (Wildman–Crippen MR) is 157 cm³/mol. The zero-order valence-corrected chi connectivity index (χ0v) is 24.4. The molecule has 0 radical (unpaired) electrons. The first-order chi connectivity index (χ1) is 18.0. The summed E-state index contributed by atoms with van der Waals surface area (Å²) in [7, 11) is 2.12. The monoisotopic (exact) mass is 526 g/mol. The van der Waals surface area contributed by atoms with Crippen molar-refractivity contribution in [1.29, 1.82) is 0 Å². The van der Waals surface area contributed by atoms with Crippen LogP contribution in [0, 0.1) is 0 Å². The summed E-state index contributed by atoms with van der Waals surface area (Å²) in [6, 6.07) is 14.2. The number of para-hydroxylation sites is 1. The Bertz CT molecular complexity index is 952. The van der Waals surface area contributed by atoms with Crippen molar-refractivity contribution in [2.75, 3.05) is 64.3 Å². The highest BCUT2D eigenvalue weighted by Gasteiger charge is 2.26. The molecule has 0 unspecified atom stereocenters. The van der Waals surface area contributed by atoms with Crippen LogP contribution >= 0.6 is 11.9 Å². The summed E-state index contributed by atoms with van der Waals surface area (Å²) >= 11 is 1.70. The molecular formula is C30H46N4O2S. The first-order valence-corrected chi connectivity index (χ1v) is 14.8. The second-order valence-corrected chi connectivity index (χ2v) is 10.9. The molecule has 1 aliphatic heterocycles. The normalized spacial score (nSPS) is 14.3. The number of nitrogens with zero attached hydrogens (tertiary/aromatic N) is 4. The van der Waals surface area contributed by atoms with Crippen LogP contribution < -0.4 is 9.64 Å². The van der Waals surface area contributed by atoms with Crippen LogP contribution in [0.2, 0.25) is 0 Å². The van der Waals surface area contributed by atoms with Crippen molar-refractivity contribution in [3.63, 3.8) is 0 Å². The number of hydrogen-bond acceptors (Lipinski definition) is 6. The smallest absolute Gasteiger partial charge is 0.254 e. The lowest BCUT2D eigenvalue weighted by atomic mass is 10.1. The molecule has 0 aromatic heterocycles. The van der Waals surface area contributed by atoms with Crippen molar-refractivity contribution in [2.45, 2.75) is 58.3 Å². The number of benzene rings is 2. The lowest BCUT2D eigenvalue weighted by molar-refractivity contribution is 0.0664. The average Bonchev–Trinajstić information content (AvgIpc) is 2.93. The van der Waals surface area contributed by atoms with Crippen molar-refractivity contribution < 1.29 is 9.53 Å². The van der Waals surface area contributed by atoms with Gasteiger partial charge in [0.25, 0.3) is 5.91 Å². The quantitative estimate of drug-likeness (QED) is 0.258. The summed E-state index contributed by atoms with van der Waals surface area (Å²) in [4.78, 5) is 21.5. The summed E-state index contributed by atoms with van der Waals surface area (Å²) in [6.07, 6.45) is 4.45. The Balaban J connectivity index is 2.13. The lowest BCUT2D eigenvalue weighted by Crippen LogP contribution is -2.47. The number of likely N-dealkylation sites (N-methyl/N-ethyl adjacent to an activating group) is 1. The van der Waals surface area contributed by atoms with Gasteiger partial charge in [0.15, 0.2) is 5.75 Å². The number of carbonyl (C=O) groups excluding carboxylic acids is 1. The summed E-state index contributed by atoms with van der Waals surface area (Å²) in [6.45, 7) is 15.9. The SMILES string of the molecule is CCCCN(CCCC)c1cc(C(=O)N2CCN(C)CC2)cc(SN(CC)CC)c1Oc1ccccc1. The maximum Gasteiger partial charge on any atom is 0.254 e. The molecule has 0 spiro atoms. The molecule has 1 amide bonds. The van der Waals surface area contributed by atoms with E-state index in [0.29, 0.717) is 0 Å². The maximum absolute atomic E-state index is 13.8. The fourth-order valence-electron chi connectivity index (χ4n) is 4.46. The number of carbonyl (C=O) groups is 1. The Labute approximate surface area is 229 Å². The number of unbranched alkanes of at least 4 members (excludes halogenated alkanes) is 2. The molecule has 0 saturated carbocycles. The lowest BCUT2D eigenvalue weighted by Gasteiger charge is -2.33. The van der Waals surface area contributed by atoms with Gasteiger partial charge >= 0.3 is 0 Å². The van der Waals surface area contributed by atoms with Crippen LogP contribution in [0.1, 0.15) is 63.7 Å². The van der Waals surface area contributed by atoms with E-state index >= 15 is 0 Å². The molecule has 1 saturated heterocycles. The van der Waals surface area contributed by atoms with Gasteiger partial charge in [-0.2, -0.15) is 0 Å². The van der Waals surface area contributed by atoms with Crippen LogP contribution in [0.4, 0.5) is 5.69 Å². The minimum absolute atomic E-state index is 0.118. The number of anilines is 1. The van der Waals surface area contributed by atoms with Gasteiger partial charge in [-0.25, -0.2) is 4.31 Å². The molecule has 1 fully saturated rings. The molecule has 1 aliphatic rings. The number of ether oxygens (including phenoxy) is 1. The number of amides is 1. The third-order valence-corrected chi connectivity index (χ3v) is 8.15. The molecule has 7 heteroatoms. The molecule has 3 rings (SSSR count). The summed E-state index contributed by atoms with van der Waals surface area (Å²) in [5.41, 5.74) is 1.79. The predicted octanol–water partition coefficient (Wildman–Crippen LogP) is 6.62. The first-order valence-electron chi connectivity index (χ1n) is 14.1. The summed E-state index contributed by atoms with van der Waals surface area (Å²) in [5.74, 6) is 1.78. The van der Waals surface area contributed by atoms with Crippen LogP contribution in [-0.4, -0.2) is 79.4 Å².